The molecule has 0 spiro atoms. The van der Waals surface area contributed by atoms with Gasteiger partial charge in [-0.2, -0.15) is 0 Å². The number of aryl methyl sites for hydroxylation is 1. The lowest BCUT2D eigenvalue weighted by molar-refractivity contribution is 0.0793. The number of thiazole rings is 1. The van der Waals surface area contributed by atoms with Crippen molar-refractivity contribution in [3.05, 3.63) is 28.8 Å². The van der Waals surface area contributed by atoms with E-state index in [0.29, 0.717) is 28.8 Å². The zero-order valence-corrected chi connectivity index (χ0v) is 17.7. The van der Waals surface area contributed by atoms with Gasteiger partial charge in [-0.3, -0.25) is 4.79 Å². The molecule has 0 aliphatic heterocycles. The third-order valence-electron chi connectivity index (χ3n) is 4.62. The van der Waals surface area contributed by atoms with Crippen LogP contribution < -0.4 is 15.2 Å². The van der Waals surface area contributed by atoms with E-state index in [0.717, 1.165) is 22.7 Å². The fourth-order valence-electron chi connectivity index (χ4n) is 2.64. The molecule has 0 aliphatic carbocycles. The number of hydrogen-bond donors (Lipinski definition) is 1. The fourth-order valence-corrected chi connectivity index (χ4v) is 3.70. The second-order valence-electron chi connectivity index (χ2n) is 6.93. The van der Waals surface area contributed by atoms with Crippen molar-refractivity contribution >= 4 is 17.2 Å². The summed E-state index contributed by atoms with van der Waals surface area (Å²) in [6, 6.07) is 5.71. The van der Waals surface area contributed by atoms with E-state index < -0.39 is 0 Å². The maximum Gasteiger partial charge on any atom is 0.265 e. The van der Waals surface area contributed by atoms with E-state index in [1.165, 1.54) is 11.3 Å². The molecule has 1 unspecified atom stereocenters. The predicted molar refractivity (Wildman–Crippen MR) is 110 cm³/mol. The predicted octanol–water partition coefficient (Wildman–Crippen LogP) is 3.58. The molecule has 0 aliphatic rings. The van der Waals surface area contributed by atoms with Crippen molar-refractivity contribution in [2.45, 2.75) is 33.2 Å². The van der Waals surface area contributed by atoms with Gasteiger partial charge in [-0.25, -0.2) is 4.98 Å². The first-order chi connectivity index (χ1) is 12.8. The molecule has 0 fully saturated rings. The van der Waals surface area contributed by atoms with Gasteiger partial charge in [0.1, 0.15) is 9.88 Å². The van der Waals surface area contributed by atoms with Gasteiger partial charge in [-0.05, 0) is 37.5 Å². The Hall–Kier alpha value is -2.12. The van der Waals surface area contributed by atoms with E-state index in [4.69, 9.17) is 15.2 Å². The SMILES string of the molecule is COc1ccc(-c2nc(C)c(C(=O)N(C)CCC(N)C(C)C)s2)cc1OC. The van der Waals surface area contributed by atoms with Crippen LogP contribution >= 0.6 is 11.3 Å². The highest BCUT2D eigenvalue weighted by Crippen LogP contribution is 2.35. The van der Waals surface area contributed by atoms with E-state index in [-0.39, 0.29) is 11.9 Å². The minimum Gasteiger partial charge on any atom is -0.493 e. The van der Waals surface area contributed by atoms with Crippen LogP contribution in [0.4, 0.5) is 0 Å². The molecule has 2 N–H and O–H groups in total. The van der Waals surface area contributed by atoms with Gasteiger partial charge in [0.15, 0.2) is 11.5 Å². The molecule has 148 valence electrons. The summed E-state index contributed by atoms with van der Waals surface area (Å²) in [6.07, 6.45) is 0.778. The van der Waals surface area contributed by atoms with Crippen molar-refractivity contribution in [2.75, 3.05) is 27.8 Å². The second-order valence-corrected chi connectivity index (χ2v) is 7.93. The molecule has 0 saturated carbocycles. The summed E-state index contributed by atoms with van der Waals surface area (Å²) in [6.45, 7) is 6.67. The molecule has 1 amide bonds. The van der Waals surface area contributed by atoms with E-state index in [1.807, 2.05) is 32.2 Å². The molecule has 27 heavy (non-hydrogen) atoms. The van der Waals surface area contributed by atoms with Gasteiger partial charge in [0.2, 0.25) is 0 Å². The van der Waals surface area contributed by atoms with E-state index in [2.05, 4.69) is 18.8 Å². The van der Waals surface area contributed by atoms with Crippen molar-refractivity contribution in [1.29, 1.82) is 0 Å². The Bertz CT molecular complexity index is 789. The number of amides is 1. The molecule has 0 radical (unpaired) electrons. The van der Waals surface area contributed by atoms with Gasteiger partial charge >= 0.3 is 0 Å². The molecule has 6 nitrogen and oxygen atoms in total. The second kappa shape index (κ2) is 9.19. The Kier molecular flexibility index (Phi) is 7.21. The molecule has 2 aromatic rings. The number of methoxy groups -OCH3 is 2. The summed E-state index contributed by atoms with van der Waals surface area (Å²) < 4.78 is 10.6. The minimum absolute atomic E-state index is 0.0207. The molecule has 2 rings (SSSR count). The summed E-state index contributed by atoms with van der Waals surface area (Å²) in [5, 5.41) is 0.782. The van der Waals surface area contributed by atoms with Gasteiger partial charge in [0.05, 0.1) is 19.9 Å². The van der Waals surface area contributed by atoms with Gasteiger partial charge in [-0.1, -0.05) is 13.8 Å². The first kappa shape index (κ1) is 21.2. The fraction of sp³-hybridized carbons (Fsp3) is 0.500. The van der Waals surface area contributed by atoms with E-state index in [9.17, 15) is 4.79 Å². The Morgan fingerprint density at radius 1 is 1.26 bits per heavy atom. The van der Waals surface area contributed by atoms with Crippen LogP contribution in [0.5, 0.6) is 11.5 Å². The van der Waals surface area contributed by atoms with Crippen molar-refractivity contribution in [3.63, 3.8) is 0 Å². The number of ether oxygens (including phenoxy) is 2. The highest BCUT2D eigenvalue weighted by molar-refractivity contribution is 7.17. The highest BCUT2D eigenvalue weighted by Gasteiger charge is 2.21. The first-order valence-corrected chi connectivity index (χ1v) is 9.81. The Labute approximate surface area is 165 Å². The maximum absolute atomic E-state index is 12.8. The molecule has 1 aromatic carbocycles. The van der Waals surface area contributed by atoms with Crippen LogP contribution in [0, 0.1) is 12.8 Å². The summed E-state index contributed by atoms with van der Waals surface area (Å²) in [4.78, 5) is 19.8. The molecule has 1 atom stereocenters. The molecule has 1 aromatic heterocycles. The molecule has 1 heterocycles. The molecular weight excluding hydrogens is 362 g/mol. The number of nitrogens with zero attached hydrogens (tertiary/aromatic N) is 2. The maximum atomic E-state index is 12.8. The molecule has 0 bridgehead atoms. The van der Waals surface area contributed by atoms with Crippen molar-refractivity contribution in [1.82, 2.24) is 9.88 Å². The summed E-state index contributed by atoms with van der Waals surface area (Å²) in [5.41, 5.74) is 7.72. The number of carbonyl (C=O) groups is 1. The van der Waals surface area contributed by atoms with Crippen molar-refractivity contribution in [3.8, 4) is 22.1 Å². The smallest absolute Gasteiger partial charge is 0.265 e. The quantitative estimate of drug-likeness (QED) is 0.744. The average molecular weight is 392 g/mol. The van der Waals surface area contributed by atoms with Crippen molar-refractivity contribution < 1.29 is 14.3 Å². The van der Waals surface area contributed by atoms with Crippen molar-refractivity contribution in [2.24, 2.45) is 11.7 Å². The number of aromatic nitrogens is 1. The Balaban J connectivity index is 2.19. The number of benzene rings is 1. The van der Waals surface area contributed by atoms with Gasteiger partial charge in [0.25, 0.3) is 5.91 Å². The number of nitrogens with two attached hydrogens (primary N) is 1. The van der Waals surface area contributed by atoms with Crippen LogP contribution in [0.3, 0.4) is 0 Å². The van der Waals surface area contributed by atoms with Crippen LogP contribution in [-0.2, 0) is 0 Å². The minimum atomic E-state index is -0.0207. The third kappa shape index (κ3) is 4.99. The summed E-state index contributed by atoms with van der Waals surface area (Å²) >= 11 is 1.39. The van der Waals surface area contributed by atoms with Crippen LogP contribution in [-0.4, -0.2) is 49.6 Å². The lowest BCUT2D eigenvalue weighted by atomic mass is 10.0. The number of hydrogen-bond acceptors (Lipinski definition) is 6. The van der Waals surface area contributed by atoms with Gasteiger partial charge in [-0.15, -0.1) is 11.3 Å². The lowest BCUT2D eigenvalue weighted by Gasteiger charge is -2.21. The third-order valence-corrected chi connectivity index (χ3v) is 5.82. The van der Waals surface area contributed by atoms with Gasteiger partial charge in [0, 0.05) is 25.2 Å². The number of carbonyl (C=O) groups excluding carboxylic acids is 1. The summed E-state index contributed by atoms with van der Waals surface area (Å²) in [5.74, 6) is 1.67. The monoisotopic (exact) mass is 391 g/mol. The van der Waals surface area contributed by atoms with Crippen LogP contribution in [0.2, 0.25) is 0 Å². The first-order valence-electron chi connectivity index (χ1n) is 8.99. The Morgan fingerprint density at radius 2 is 1.93 bits per heavy atom. The zero-order chi connectivity index (χ0) is 20.1. The van der Waals surface area contributed by atoms with Crippen LogP contribution in [0.15, 0.2) is 18.2 Å². The lowest BCUT2D eigenvalue weighted by Crippen LogP contribution is -2.34. The van der Waals surface area contributed by atoms with E-state index in [1.54, 1.807) is 19.1 Å². The summed E-state index contributed by atoms with van der Waals surface area (Å²) in [7, 11) is 5.01. The van der Waals surface area contributed by atoms with E-state index >= 15 is 0 Å². The van der Waals surface area contributed by atoms with Gasteiger partial charge < -0.3 is 20.1 Å². The van der Waals surface area contributed by atoms with Crippen LogP contribution in [0.1, 0.15) is 35.6 Å². The zero-order valence-electron chi connectivity index (χ0n) is 16.9. The molecule has 0 saturated heterocycles. The van der Waals surface area contributed by atoms with Crippen LogP contribution in [0.25, 0.3) is 10.6 Å². The largest absolute Gasteiger partial charge is 0.493 e. The average Bonchev–Trinajstić information content (AvgIpc) is 3.05. The molecule has 7 heteroatoms. The number of rotatable bonds is 8. The topological polar surface area (TPSA) is 77.7 Å². The normalized spacial score (nSPS) is 12.1. The highest BCUT2D eigenvalue weighted by atomic mass is 32.1. The standard InChI is InChI=1S/C20H29N3O3S/c1-12(2)15(21)9-10-23(4)20(24)18-13(3)22-19(27-18)14-7-8-16(25-5)17(11-14)26-6/h7-8,11-12,15H,9-10,21H2,1-6H3. The Morgan fingerprint density at radius 3 is 2.52 bits per heavy atom. The molecular formula is C20H29N3O3S.